The van der Waals surface area contributed by atoms with Gasteiger partial charge in [-0.1, -0.05) is 6.07 Å². The van der Waals surface area contributed by atoms with Gasteiger partial charge >= 0.3 is 0 Å². The van der Waals surface area contributed by atoms with Crippen LogP contribution in [0.25, 0.3) is 0 Å². The van der Waals surface area contributed by atoms with Gasteiger partial charge in [0.25, 0.3) is 0 Å². The fraction of sp³-hybridized carbons (Fsp3) is 0.357. The van der Waals surface area contributed by atoms with Gasteiger partial charge in [0.2, 0.25) is 0 Å². The van der Waals surface area contributed by atoms with Crippen LogP contribution in [0, 0.1) is 5.82 Å². The van der Waals surface area contributed by atoms with E-state index in [2.05, 4.69) is 5.10 Å². The Bertz CT molecular complexity index is 530. The molecule has 19 heavy (non-hydrogen) atoms. The molecule has 2 rings (SSSR count). The van der Waals surface area contributed by atoms with Crippen LogP contribution in [0.1, 0.15) is 12.0 Å². The second-order valence-corrected chi connectivity index (χ2v) is 5.58. The number of thioether (sulfide) groups is 1. The fourth-order valence-electron chi connectivity index (χ4n) is 1.77. The molecule has 0 amide bonds. The monoisotopic (exact) mass is 280 g/mol. The quantitative estimate of drug-likeness (QED) is 0.827. The molecule has 0 aliphatic carbocycles. The Morgan fingerprint density at radius 1 is 1.47 bits per heavy atom. The van der Waals surface area contributed by atoms with E-state index in [4.69, 9.17) is 0 Å². The summed E-state index contributed by atoms with van der Waals surface area (Å²) in [6.07, 6.45) is 4.86. The third kappa shape index (κ3) is 4.69. The summed E-state index contributed by atoms with van der Waals surface area (Å²) in [7, 11) is 1.87. The van der Waals surface area contributed by atoms with E-state index < -0.39 is 6.10 Å². The second-order valence-electron chi connectivity index (χ2n) is 4.48. The van der Waals surface area contributed by atoms with E-state index >= 15 is 0 Å². The molecule has 1 heterocycles. The van der Waals surface area contributed by atoms with Crippen molar-refractivity contribution in [1.29, 1.82) is 0 Å². The molecule has 0 radical (unpaired) electrons. The first-order valence-electron chi connectivity index (χ1n) is 6.17. The highest BCUT2D eigenvalue weighted by Gasteiger charge is 2.07. The molecule has 0 saturated carbocycles. The van der Waals surface area contributed by atoms with E-state index in [-0.39, 0.29) is 5.82 Å². The first kappa shape index (κ1) is 14.1. The van der Waals surface area contributed by atoms with Gasteiger partial charge in [-0.05, 0) is 36.6 Å². The van der Waals surface area contributed by atoms with Crippen molar-refractivity contribution in [2.45, 2.75) is 23.8 Å². The molecule has 0 aliphatic heterocycles. The van der Waals surface area contributed by atoms with Crippen molar-refractivity contribution in [3.8, 4) is 0 Å². The maximum Gasteiger partial charge on any atom is 0.124 e. The van der Waals surface area contributed by atoms with E-state index in [1.54, 1.807) is 10.7 Å². The third-order valence-corrected chi connectivity index (χ3v) is 3.90. The van der Waals surface area contributed by atoms with Gasteiger partial charge in [0.15, 0.2) is 0 Å². The summed E-state index contributed by atoms with van der Waals surface area (Å²) in [4.78, 5) is 0.848. The topological polar surface area (TPSA) is 38.0 Å². The standard InChI is InChI=1S/C14H17FN2OS/c1-17-9-11(8-16-17)5-6-13(18)10-19-14-4-2-3-12(15)7-14/h2-4,7-9,13,18H,5-6,10H2,1H3. The van der Waals surface area contributed by atoms with E-state index in [0.29, 0.717) is 12.2 Å². The summed E-state index contributed by atoms with van der Waals surface area (Å²) in [5, 5.41) is 14.0. The Morgan fingerprint density at radius 2 is 2.32 bits per heavy atom. The Balaban J connectivity index is 1.74. The summed E-state index contributed by atoms with van der Waals surface area (Å²) in [5.74, 6) is 0.332. The van der Waals surface area contributed by atoms with Crippen LogP contribution in [-0.4, -0.2) is 26.7 Å². The van der Waals surface area contributed by atoms with Crippen LogP contribution in [-0.2, 0) is 13.5 Å². The molecule has 0 aliphatic rings. The molecule has 0 spiro atoms. The van der Waals surface area contributed by atoms with Crippen molar-refractivity contribution in [3.63, 3.8) is 0 Å². The van der Waals surface area contributed by atoms with Crippen molar-refractivity contribution >= 4 is 11.8 Å². The van der Waals surface area contributed by atoms with Gasteiger partial charge in [-0.3, -0.25) is 4.68 Å². The third-order valence-electron chi connectivity index (χ3n) is 2.76. The number of benzene rings is 1. The molecule has 2 aromatic rings. The summed E-state index contributed by atoms with van der Waals surface area (Å²) in [5.41, 5.74) is 1.12. The molecule has 0 fully saturated rings. The SMILES string of the molecule is Cn1cc(CCC(O)CSc2cccc(F)c2)cn1. The molecule has 1 unspecified atom stereocenters. The van der Waals surface area contributed by atoms with Gasteiger partial charge < -0.3 is 5.11 Å². The molecule has 0 bridgehead atoms. The molecule has 1 aromatic carbocycles. The molecule has 102 valence electrons. The maximum atomic E-state index is 13.0. The first-order chi connectivity index (χ1) is 9.13. The minimum absolute atomic E-state index is 0.241. The number of halogens is 1. The lowest BCUT2D eigenvalue weighted by atomic mass is 10.1. The average molecular weight is 280 g/mol. The first-order valence-corrected chi connectivity index (χ1v) is 7.16. The molecular weight excluding hydrogens is 263 g/mol. The van der Waals surface area contributed by atoms with Gasteiger partial charge in [0.1, 0.15) is 5.82 Å². The van der Waals surface area contributed by atoms with Gasteiger partial charge in [-0.2, -0.15) is 5.10 Å². The number of aryl methyl sites for hydroxylation is 2. The van der Waals surface area contributed by atoms with Crippen molar-refractivity contribution in [2.75, 3.05) is 5.75 Å². The predicted molar refractivity (Wildman–Crippen MR) is 74.7 cm³/mol. The molecular formula is C14H17FN2OS. The van der Waals surface area contributed by atoms with Gasteiger partial charge in [-0.25, -0.2) is 4.39 Å². The van der Waals surface area contributed by atoms with Gasteiger partial charge in [0.05, 0.1) is 12.3 Å². The zero-order chi connectivity index (χ0) is 13.7. The maximum absolute atomic E-state index is 13.0. The Labute approximate surface area is 116 Å². The number of aromatic nitrogens is 2. The largest absolute Gasteiger partial charge is 0.392 e. The van der Waals surface area contributed by atoms with Crippen LogP contribution in [0.4, 0.5) is 4.39 Å². The summed E-state index contributed by atoms with van der Waals surface area (Å²) < 4.78 is 14.7. The van der Waals surface area contributed by atoms with E-state index in [1.807, 2.05) is 25.5 Å². The van der Waals surface area contributed by atoms with Crippen LogP contribution in [0.2, 0.25) is 0 Å². The zero-order valence-electron chi connectivity index (χ0n) is 10.8. The smallest absolute Gasteiger partial charge is 0.124 e. The molecule has 1 N–H and O–H groups in total. The molecule has 5 heteroatoms. The zero-order valence-corrected chi connectivity index (χ0v) is 11.6. The Morgan fingerprint density at radius 3 is 3.00 bits per heavy atom. The van der Waals surface area contributed by atoms with Gasteiger partial charge in [0, 0.05) is 23.9 Å². The highest BCUT2D eigenvalue weighted by molar-refractivity contribution is 7.99. The van der Waals surface area contributed by atoms with Crippen LogP contribution in [0.15, 0.2) is 41.6 Å². The van der Waals surface area contributed by atoms with Crippen LogP contribution in [0.5, 0.6) is 0 Å². The molecule has 1 atom stereocenters. The number of hydrogen-bond acceptors (Lipinski definition) is 3. The number of rotatable bonds is 6. The average Bonchev–Trinajstić information content (AvgIpc) is 2.80. The lowest BCUT2D eigenvalue weighted by Gasteiger charge is -2.09. The van der Waals surface area contributed by atoms with E-state index in [1.165, 1.54) is 23.9 Å². The highest BCUT2D eigenvalue weighted by atomic mass is 32.2. The Kier molecular flexibility index (Phi) is 4.99. The van der Waals surface area contributed by atoms with Crippen molar-refractivity contribution in [2.24, 2.45) is 7.05 Å². The summed E-state index contributed by atoms with van der Waals surface area (Å²) >= 11 is 1.47. The van der Waals surface area contributed by atoms with E-state index in [0.717, 1.165) is 16.9 Å². The second kappa shape index (κ2) is 6.73. The lowest BCUT2D eigenvalue weighted by Crippen LogP contribution is -2.10. The lowest BCUT2D eigenvalue weighted by molar-refractivity contribution is 0.189. The number of nitrogens with zero attached hydrogens (tertiary/aromatic N) is 2. The van der Waals surface area contributed by atoms with Gasteiger partial charge in [-0.15, -0.1) is 11.8 Å². The van der Waals surface area contributed by atoms with Crippen molar-refractivity contribution < 1.29 is 9.50 Å². The minimum atomic E-state index is -0.395. The van der Waals surface area contributed by atoms with E-state index in [9.17, 15) is 9.50 Å². The molecule has 1 aromatic heterocycles. The number of hydrogen-bond donors (Lipinski definition) is 1. The van der Waals surface area contributed by atoms with Crippen molar-refractivity contribution in [1.82, 2.24) is 9.78 Å². The normalized spacial score (nSPS) is 12.6. The minimum Gasteiger partial charge on any atom is -0.392 e. The predicted octanol–water partition coefficient (Wildman–Crippen LogP) is 2.65. The fourth-order valence-corrected chi connectivity index (χ4v) is 2.69. The van der Waals surface area contributed by atoms with Crippen molar-refractivity contribution in [3.05, 3.63) is 48.0 Å². The number of aliphatic hydroxyl groups excluding tert-OH is 1. The molecule has 3 nitrogen and oxygen atoms in total. The number of aliphatic hydroxyl groups is 1. The van der Waals surface area contributed by atoms with Crippen LogP contribution < -0.4 is 0 Å². The Hall–Kier alpha value is -1.33. The van der Waals surface area contributed by atoms with Crippen LogP contribution >= 0.6 is 11.8 Å². The molecule has 0 saturated heterocycles. The highest BCUT2D eigenvalue weighted by Crippen LogP contribution is 2.20. The summed E-state index contributed by atoms with van der Waals surface area (Å²) in [6.45, 7) is 0. The van der Waals surface area contributed by atoms with Crippen LogP contribution in [0.3, 0.4) is 0 Å². The summed E-state index contributed by atoms with van der Waals surface area (Å²) in [6, 6.07) is 6.43.